The molecule has 5 rings (SSSR count). The van der Waals surface area contributed by atoms with Crippen molar-refractivity contribution >= 4 is 17.9 Å². The van der Waals surface area contributed by atoms with Crippen LogP contribution in [0.3, 0.4) is 0 Å². The average Bonchev–Trinajstić information content (AvgIpc) is 3.30. The second-order valence-corrected chi connectivity index (χ2v) is 10.1. The molecule has 0 aliphatic carbocycles. The normalized spacial score (nSPS) is 20.3. The number of carbonyl (C=O) groups is 3. The lowest BCUT2D eigenvalue weighted by atomic mass is 10.0. The van der Waals surface area contributed by atoms with Crippen LogP contribution < -0.4 is 0 Å². The zero-order valence-corrected chi connectivity index (χ0v) is 21.6. The van der Waals surface area contributed by atoms with Crippen molar-refractivity contribution in [2.45, 2.75) is 37.8 Å². The first-order valence-electron chi connectivity index (χ1n) is 13.1. The Labute approximate surface area is 222 Å². The predicted octanol–water partition coefficient (Wildman–Crippen LogP) is 3.78. The van der Waals surface area contributed by atoms with E-state index in [0.29, 0.717) is 25.1 Å². The van der Waals surface area contributed by atoms with Crippen molar-refractivity contribution in [3.05, 3.63) is 78.2 Å². The number of carboxylic acid groups (broad SMARTS) is 1. The second kappa shape index (κ2) is 11.1. The molecule has 0 bridgehead atoms. The van der Waals surface area contributed by atoms with Crippen LogP contribution in [-0.2, 0) is 11.2 Å². The molecular formula is C29H33N5O4. The summed E-state index contributed by atoms with van der Waals surface area (Å²) >= 11 is 0. The van der Waals surface area contributed by atoms with Crippen LogP contribution in [0.2, 0.25) is 0 Å². The highest BCUT2D eigenvalue weighted by Gasteiger charge is 2.37. The van der Waals surface area contributed by atoms with Gasteiger partial charge in [-0.1, -0.05) is 60.7 Å². The summed E-state index contributed by atoms with van der Waals surface area (Å²) in [7, 11) is 1.82. The van der Waals surface area contributed by atoms with Gasteiger partial charge in [-0.2, -0.15) is 0 Å². The Morgan fingerprint density at radius 3 is 2.39 bits per heavy atom. The molecule has 3 heterocycles. The van der Waals surface area contributed by atoms with E-state index in [4.69, 9.17) is 0 Å². The van der Waals surface area contributed by atoms with E-state index < -0.39 is 12.1 Å². The van der Waals surface area contributed by atoms with Gasteiger partial charge in [0.25, 0.3) is 5.91 Å². The highest BCUT2D eigenvalue weighted by atomic mass is 16.4. The van der Waals surface area contributed by atoms with E-state index in [1.807, 2.05) is 72.3 Å². The van der Waals surface area contributed by atoms with E-state index in [0.717, 1.165) is 24.0 Å². The fourth-order valence-corrected chi connectivity index (χ4v) is 5.56. The van der Waals surface area contributed by atoms with Crippen LogP contribution in [-0.4, -0.2) is 86.5 Å². The summed E-state index contributed by atoms with van der Waals surface area (Å²) in [6.07, 6.45) is 3.70. The first kappa shape index (κ1) is 25.5. The molecule has 1 N–H and O–H groups in total. The Bertz CT molecular complexity index is 1290. The largest absolute Gasteiger partial charge is 0.465 e. The van der Waals surface area contributed by atoms with Gasteiger partial charge in [0.1, 0.15) is 6.04 Å². The Morgan fingerprint density at radius 2 is 1.68 bits per heavy atom. The van der Waals surface area contributed by atoms with Crippen LogP contribution in [0.1, 0.15) is 41.4 Å². The number of imidazole rings is 1. The number of amides is 3. The Balaban J connectivity index is 1.53. The lowest BCUT2D eigenvalue weighted by molar-refractivity contribution is -0.132. The van der Waals surface area contributed by atoms with Crippen molar-refractivity contribution in [1.29, 1.82) is 0 Å². The van der Waals surface area contributed by atoms with Crippen LogP contribution in [0, 0.1) is 0 Å². The van der Waals surface area contributed by atoms with Crippen molar-refractivity contribution in [2.24, 2.45) is 0 Å². The molecule has 0 saturated carbocycles. The zero-order valence-electron chi connectivity index (χ0n) is 21.6. The van der Waals surface area contributed by atoms with Gasteiger partial charge in [0, 0.05) is 38.8 Å². The fourth-order valence-electron chi connectivity index (χ4n) is 5.56. The van der Waals surface area contributed by atoms with Gasteiger partial charge in [-0.25, -0.2) is 9.78 Å². The number of likely N-dealkylation sites (tertiary alicyclic amines) is 1. The van der Waals surface area contributed by atoms with E-state index in [2.05, 4.69) is 4.98 Å². The molecule has 1 aromatic heterocycles. The molecule has 2 saturated heterocycles. The van der Waals surface area contributed by atoms with Crippen molar-refractivity contribution in [3.8, 4) is 11.3 Å². The number of likely N-dealkylation sites (N-methyl/N-ethyl adjacent to an activating group) is 1. The number of hydrogen-bond acceptors (Lipinski definition) is 4. The van der Waals surface area contributed by atoms with Crippen LogP contribution in [0.4, 0.5) is 4.79 Å². The maximum Gasteiger partial charge on any atom is 0.407 e. The third-order valence-corrected chi connectivity index (χ3v) is 7.59. The summed E-state index contributed by atoms with van der Waals surface area (Å²) in [5.41, 5.74) is 2.77. The first-order chi connectivity index (χ1) is 18.4. The molecule has 0 radical (unpaired) electrons. The molecule has 0 spiro atoms. The van der Waals surface area contributed by atoms with Gasteiger partial charge in [-0.3, -0.25) is 9.59 Å². The molecular weight excluding hydrogens is 482 g/mol. The summed E-state index contributed by atoms with van der Waals surface area (Å²) < 4.78 is 1.87. The van der Waals surface area contributed by atoms with Gasteiger partial charge < -0.3 is 24.4 Å². The Kier molecular flexibility index (Phi) is 7.44. The molecule has 2 aliphatic heterocycles. The fraction of sp³-hybridized carbons (Fsp3) is 0.379. The number of nitrogens with zero attached hydrogens (tertiary/aromatic N) is 5. The number of hydrogen-bond donors (Lipinski definition) is 1. The third-order valence-electron chi connectivity index (χ3n) is 7.59. The quantitative estimate of drug-likeness (QED) is 0.558. The maximum atomic E-state index is 14.2. The van der Waals surface area contributed by atoms with Crippen molar-refractivity contribution in [1.82, 2.24) is 24.3 Å². The van der Waals surface area contributed by atoms with Gasteiger partial charge in [0.2, 0.25) is 5.91 Å². The number of rotatable bonds is 5. The standard InChI is InChI=1S/C29H33N5O4/c1-31-15-9-8-14-24(27(31)35)34-20-30-25(26(34)22-12-6-3-7-13-22)28(36)33-17-16-32(29(37)38)19-23(33)18-21-10-4-2-5-11-21/h2-7,10-13,20,23-24H,8-9,14-19H2,1H3,(H,37,38)/t23-,24?/m1/s1. The van der Waals surface area contributed by atoms with Gasteiger partial charge in [-0.05, 0) is 31.2 Å². The SMILES string of the molecule is CN1CCCCC(n2cnc(C(=O)N3CCN(C(=O)O)C[C@H]3Cc3ccccc3)c2-c2ccccc2)C1=O. The van der Waals surface area contributed by atoms with E-state index >= 15 is 0 Å². The van der Waals surface area contributed by atoms with Gasteiger partial charge in [0.15, 0.2) is 5.69 Å². The Morgan fingerprint density at radius 1 is 0.974 bits per heavy atom. The van der Waals surface area contributed by atoms with Crippen LogP contribution in [0.25, 0.3) is 11.3 Å². The highest BCUT2D eigenvalue weighted by molar-refractivity contribution is 5.99. The summed E-state index contributed by atoms with van der Waals surface area (Å²) in [6, 6.07) is 18.6. The van der Waals surface area contributed by atoms with Crippen LogP contribution >= 0.6 is 0 Å². The van der Waals surface area contributed by atoms with E-state index in [9.17, 15) is 19.5 Å². The number of benzene rings is 2. The first-order valence-corrected chi connectivity index (χ1v) is 13.1. The smallest absolute Gasteiger partial charge is 0.407 e. The second-order valence-electron chi connectivity index (χ2n) is 10.1. The van der Waals surface area contributed by atoms with Gasteiger partial charge in [0.05, 0.1) is 18.1 Å². The van der Waals surface area contributed by atoms with Crippen molar-refractivity contribution < 1.29 is 19.5 Å². The van der Waals surface area contributed by atoms with Gasteiger partial charge >= 0.3 is 6.09 Å². The average molecular weight is 516 g/mol. The molecule has 3 amide bonds. The molecule has 9 heteroatoms. The topological polar surface area (TPSA) is 99.0 Å². The molecule has 9 nitrogen and oxygen atoms in total. The van der Waals surface area contributed by atoms with Gasteiger partial charge in [-0.15, -0.1) is 0 Å². The lowest BCUT2D eigenvalue weighted by Gasteiger charge is -2.40. The van der Waals surface area contributed by atoms with Crippen molar-refractivity contribution in [3.63, 3.8) is 0 Å². The van der Waals surface area contributed by atoms with Crippen molar-refractivity contribution in [2.75, 3.05) is 33.2 Å². The Hall–Kier alpha value is -4.14. The summed E-state index contributed by atoms with van der Waals surface area (Å²) in [5, 5.41) is 9.64. The summed E-state index contributed by atoms with van der Waals surface area (Å²) in [6.45, 7) is 1.45. The maximum absolute atomic E-state index is 14.2. The summed E-state index contributed by atoms with van der Waals surface area (Å²) in [5.74, 6) is -0.226. The van der Waals surface area contributed by atoms with E-state index in [-0.39, 0.29) is 43.2 Å². The van der Waals surface area contributed by atoms with Crippen LogP contribution in [0.15, 0.2) is 67.0 Å². The minimum Gasteiger partial charge on any atom is -0.465 e. The molecule has 198 valence electrons. The molecule has 1 unspecified atom stereocenters. The minimum absolute atomic E-state index is 0.0214. The van der Waals surface area contributed by atoms with E-state index in [1.165, 1.54) is 4.90 Å². The number of aromatic nitrogens is 2. The molecule has 2 fully saturated rings. The molecule has 2 atom stereocenters. The minimum atomic E-state index is -0.986. The summed E-state index contributed by atoms with van der Waals surface area (Å²) in [4.78, 5) is 48.7. The number of piperazine rings is 1. The van der Waals surface area contributed by atoms with Crippen LogP contribution in [0.5, 0.6) is 0 Å². The molecule has 38 heavy (non-hydrogen) atoms. The molecule has 2 aliphatic rings. The lowest BCUT2D eigenvalue weighted by Crippen LogP contribution is -2.57. The zero-order chi connectivity index (χ0) is 26.6. The molecule has 2 aromatic carbocycles. The van der Waals surface area contributed by atoms with E-state index in [1.54, 1.807) is 16.1 Å². The monoisotopic (exact) mass is 515 g/mol. The predicted molar refractivity (Wildman–Crippen MR) is 143 cm³/mol. The number of carbonyl (C=O) groups excluding carboxylic acids is 2. The molecule has 3 aromatic rings. The highest BCUT2D eigenvalue weighted by Crippen LogP contribution is 2.32. The third kappa shape index (κ3) is 5.14.